The molecule has 0 spiro atoms. The summed E-state index contributed by atoms with van der Waals surface area (Å²) >= 11 is 5.99. The van der Waals surface area contributed by atoms with Crippen LogP contribution in [-0.2, 0) is 0 Å². The molecule has 0 unspecified atom stereocenters. The molecule has 0 aliphatic heterocycles. The Kier molecular flexibility index (Phi) is 3.43. The van der Waals surface area contributed by atoms with Gasteiger partial charge in [0.2, 0.25) is 0 Å². The van der Waals surface area contributed by atoms with E-state index in [-0.39, 0.29) is 5.15 Å². The Morgan fingerprint density at radius 2 is 2.22 bits per heavy atom. The van der Waals surface area contributed by atoms with E-state index in [0.717, 1.165) is 5.39 Å². The maximum atomic E-state index is 12.4. The summed E-state index contributed by atoms with van der Waals surface area (Å²) in [4.78, 5) is 4.11. The third-order valence-electron chi connectivity index (χ3n) is 2.14. The Hall–Kier alpha value is -2.14. The first-order chi connectivity index (χ1) is 8.56. The van der Waals surface area contributed by atoms with E-state index in [1.54, 1.807) is 12.3 Å². The van der Waals surface area contributed by atoms with Crippen LogP contribution in [0, 0.1) is 0 Å². The molecule has 0 saturated carbocycles. The zero-order valence-corrected chi connectivity index (χ0v) is 10.1. The van der Waals surface area contributed by atoms with E-state index in [2.05, 4.69) is 33.7 Å². The quantitative estimate of drug-likeness (QED) is 0.656. The third-order valence-corrected chi connectivity index (χ3v) is 2.43. The van der Waals surface area contributed by atoms with Gasteiger partial charge in [-0.05, 0) is 18.2 Å². The van der Waals surface area contributed by atoms with Crippen molar-refractivity contribution in [3.8, 4) is 0 Å². The van der Waals surface area contributed by atoms with Crippen LogP contribution in [-0.4, -0.2) is 15.2 Å². The fraction of sp³-hybridized carbons (Fsp3) is 0. The standard InChI is InChI=1S/C12H10ClFN4/c1-7(14)3-4-8(2)16-10-5-9-6-15-18-12(9)17-11(10)13/h3-6,16H,1-2H2,(H,15,17,18)/b4-3-. The summed E-state index contributed by atoms with van der Waals surface area (Å²) in [7, 11) is 0. The molecule has 92 valence electrons. The van der Waals surface area contributed by atoms with Gasteiger partial charge in [0.25, 0.3) is 0 Å². The number of hydrogen-bond donors (Lipinski definition) is 2. The highest BCUT2D eigenvalue weighted by Gasteiger charge is 2.06. The largest absolute Gasteiger partial charge is 0.353 e. The number of fused-ring (bicyclic) bond motifs is 1. The second-order valence-corrected chi connectivity index (χ2v) is 3.92. The van der Waals surface area contributed by atoms with E-state index in [1.807, 2.05) is 0 Å². The van der Waals surface area contributed by atoms with E-state index >= 15 is 0 Å². The van der Waals surface area contributed by atoms with Crippen molar-refractivity contribution in [1.82, 2.24) is 15.2 Å². The monoisotopic (exact) mass is 264 g/mol. The van der Waals surface area contributed by atoms with Gasteiger partial charge in [-0.1, -0.05) is 24.8 Å². The summed E-state index contributed by atoms with van der Waals surface area (Å²) in [6.07, 6.45) is 4.29. The lowest BCUT2D eigenvalue weighted by atomic mass is 10.3. The summed E-state index contributed by atoms with van der Waals surface area (Å²) in [5.41, 5.74) is 1.65. The van der Waals surface area contributed by atoms with Gasteiger partial charge in [0, 0.05) is 11.1 Å². The average Bonchev–Trinajstić information content (AvgIpc) is 2.74. The molecule has 0 radical (unpaired) electrons. The van der Waals surface area contributed by atoms with E-state index in [1.165, 1.54) is 12.2 Å². The fourth-order valence-electron chi connectivity index (χ4n) is 1.35. The summed E-state index contributed by atoms with van der Waals surface area (Å²) in [5.74, 6) is -0.549. The number of rotatable bonds is 4. The van der Waals surface area contributed by atoms with Crippen molar-refractivity contribution in [1.29, 1.82) is 0 Å². The van der Waals surface area contributed by atoms with E-state index in [4.69, 9.17) is 11.6 Å². The van der Waals surface area contributed by atoms with Crippen molar-refractivity contribution in [2.45, 2.75) is 0 Å². The van der Waals surface area contributed by atoms with Crippen LogP contribution in [0.5, 0.6) is 0 Å². The van der Waals surface area contributed by atoms with Gasteiger partial charge in [-0.25, -0.2) is 9.37 Å². The van der Waals surface area contributed by atoms with Gasteiger partial charge in [0.05, 0.1) is 11.9 Å². The van der Waals surface area contributed by atoms with Gasteiger partial charge < -0.3 is 5.32 Å². The topological polar surface area (TPSA) is 53.6 Å². The average molecular weight is 265 g/mol. The number of pyridine rings is 1. The summed E-state index contributed by atoms with van der Waals surface area (Å²) in [5, 5.41) is 10.6. The number of aromatic nitrogens is 3. The molecule has 0 bridgehead atoms. The molecule has 2 aromatic heterocycles. The third kappa shape index (κ3) is 2.75. The molecule has 0 fully saturated rings. The molecule has 2 N–H and O–H groups in total. The molecule has 18 heavy (non-hydrogen) atoms. The molecule has 0 aliphatic rings. The number of anilines is 1. The van der Waals surface area contributed by atoms with Crippen LogP contribution in [0.25, 0.3) is 11.0 Å². The van der Waals surface area contributed by atoms with Gasteiger partial charge in [-0.3, -0.25) is 5.10 Å². The molecule has 2 heterocycles. The van der Waals surface area contributed by atoms with Crippen molar-refractivity contribution < 1.29 is 4.39 Å². The smallest absolute Gasteiger partial charge is 0.157 e. The minimum atomic E-state index is -0.549. The van der Waals surface area contributed by atoms with Crippen LogP contribution >= 0.6 is 11.6 Å². The Bertz CT molecular complexity index is 645. The van der Waals surface area contributed by atoms with Crippen molar-refractivity contribution in [2.24, 2.45) is 0 Å². The highest BCUT2D eigenvalue weighted by Crippen LogP contribution is 2.24. The number of allylic oxidation sites excluding steroid dienone is 3. The lowest BCUT2D eigenvalue weighted by Gasteiger charge is -2.07. The first kappa shape index (κ1) is 12.3. The second-order valence-electron chi connectivity index (χ2n) is 3.57. The van der Waals surface area contributed by atoms with Crippen molar-refractivity contribution in [2.75, 3.05) is 5.32 Å². The normalized spacial score (nSPS) is 11.0. The number of halogens is 2. The number of nitrogens with one attached hydrogen (secondary N) is 2. The van der Waals surface area contributed by atoms with Crippen LogP contribution in [0.3, 0.4) is 0 Å². The summed E-state index contributed by atoms with van der Waals surface area (Å²) < 4.78 is 12.4. The SMILES string of the molecule is C=C(F)/C=C\C(=C)Nc1cc2cn[nH]c2nc1Cl. The van der Waals surface area contributed by atoms with Crippen LogP contribution in [0.1, 0.15) is 0 Å². The Labute approximate surface area is 108 Å². The van der Waals surface area contributed by atoms with Crippen molar-refractivity contribution in [3.63, 3.8) is 0 Å². The number of H-pyrrole nitrogens is 1. The Morgan fingerprint density at radius 3 is 2.94 bits per heavy atom. The van der Waals surface area contributed by atoms with E-state index < -0.39 is 5.83 Å². The molecule has 0 atom stereocenters. The molecule has 0 aliphatic carbocycles. The molecule has 0 saturated heterocycles. The highest BCUT2D eigenvalue weighted by atomic mass is 35.5. The molecule has 6 heteroatoms. The van der Waals surface area contributed by atoms with Gasteiger partial charge in [0.15, 0.2) is 10.8 Å². The maximum Gasteiger partial charge on any atom is 0.157 e. The predicted molar refractivity (Wildman–Crippen MR) is 71.0 cm³/mol. The summed E-state index contributed by atoms with van der Waals surface area (Å²) in [6, 6.07) is 1.78. The first-order valence-electron chi connectivity index (χ1n) is 5.04. The van der Waals surface area contributed by atoms with Crippen molar-refractivity contribution in [3.05, 3.63) is 54.3 Å². The number of hydrogen-bond acceptors (Lipinski definition) is 3. The Morgan fingerprint density at radius 1 is 1.44 bits per heavy atom. The van der Waals surface area contributed by atoms with Gasteiger partial charge in [-0.15, -0.1) is 0 Å². The van der Waals surface area contributed by atoms with Gasteiger partial charge in [0.1, 0.15) is 5.83 Å². The first-order valence-corrected chi connectivity index (χ1v) is 5.42. The zero-order chi connectivity index (χ0) is 13.1. The maximum absolute atomic E-state index is 12.4. The molecular formula is C12H10ClFN4. The van der Waals surface area contributed by atoms with Gasteiger partial charge >= 0.3 is 0 Å². The summed E-state index contributed by atoms with van der Waals surface area (Å²) in [6.45, 7) is 6.83. The molecule has 0 aromatic carbocycles. The zero-order valence-electron chi connectivity index (χ0n) is 9.37. The highest BCUT2D eigenvalue weighted by molar-refractivity contribution is 6.32. The minimum absolute atomic E-state index is 0.278. The van der Waals surface area contributed by atoms with Crippen LogP contribution < -0.4 is 5.32 Å². The molecule has 4 nitrogen and oxygen atoms in total. The van der Waals surface area contributed by atoms with Gasteiger partial charge in [-0.2, -0.15) is 5.10 Å². The van der Waals surface area contributed by atoms with Crippen LogP contribution in [0.4, 0.5) is 10.1 Å². The molecule has 2 rings (SSSR count). The lowest BCUT2D eigenvalue weighted by molar-refractivity contribution is 0.671. The van der Waals surface area contributed by atoms with Crippen LogP contribution in [0.15, 0.2) is 49.1 Å². The second kappa shape index (κ2) is 5.01. The molecular weight excluding hydrogens is 255 g/mol. The number of nitrogens with zero attached hydrogens (tertiary/aromatic N) is 2. The fourth-order valence-corrected chi connectivity index (χ4v) is 1.54. The van der Waals surface area contributed by atoms with Crippen molar-refractivity contribution >= 4 is 28.3 Å². The van der Waals surface area contributed by atoms with E-state index in [9.17, 15) is 4.39 Å². The van der Waals surface area contributed by atoms with E-state index in [0.29, 0.717) is 17.0 Å². The molecule has 0 amide bonds. The van der Waals surface area contributed by atoms with Crippen LogP contribution in [0.2, 0.25) is 5.15 Å². The lowest BCUT2D eigenvalue weighted by Crippen LogP contribution is -1.97. The number of aromatic amines is 1. The Balaban J connectivity index is 2.23. The molecule has 2 aromatic rings. The predicted octanol–water partition coefficient (Wildman–Crippen LogP) is 3.58. The minimum Gasteiger partial charge on any atom is -0.353 e.